The Hall–Kier alpha value is -2.64. The third kappa shape index (κ3) is 3.05. The first-order valence-electron chi connectivity index (χ1n) is 9.50. The van der Waals surface area contributed by atoms with Gasteiger partial charge in [0.15, 0.2) is 5.43 Å². The van der Waals surface area contributed by atoms with E-state index in [0.29, 0.717) is 35.2 Å². The van der Waals surface area contributed by atoms with Gasteiger partial charge in [0.05, 0.1) is 23.1 Å². The molecule has 1 fully saturated rings. The molecule has 1 N–H and O–H groups in total. The number of nitrogens with zero attached hydrogens (tertiary/aromatic N) is 1. The number of fused-ring (bicyclic) bond motifs is 2. The number of phenolic OH excluding ortho intramolecular Hbond substituents is 1. The van der Waals surface area contributed by atoms with E-state index in [2.05, 4.69) is 15.9 Å². The number of aromatic hydroxyl groups is 1. The van der Waals surface area contributed by atoms with E-state index in [1.807, 2.05) is 0 Å². The normalized spacial score (nSPS) is 21.1. The molecule has 1 aromatic heterocycles. The van der Waals surface area contributed by atoms with Crippen molar-refractivity contribution in [3.63, 3.8) is 0 Å². The number of rotatable bonds is 3. The van der Waals surface area contributed by atoms with Crippen LogP contribution in [0.5, 0.6) is 5.75 Å². The molecular formula is C22H18BrNO5. The number of hydrogen-bond acceptors (Lipinski definition) is 5. The Balaban J connectivity index is 1.72. The summed E-state index contributed by atoms with van der Waals surface area (Å²) in [5.41, 5.74) is 1.11. The summed E-state index contributed by atoms with van der Waals surface area (Å²) in [5.74, 6) is -0.185. The number of benzene rings is 2. The molecule has 2 aromatic carbocycles. The number of amides is 1. The highest BCUT2D eigenvalue weighted by Gasteiger charge is 2.44. The van der Waals surface area contributed by atoms with Gasteiger partial charge in [0.1, 0.15) is 11.3 Å². The molecule has 2 atom stereocenters. The lowest BCUT2D eigenvalue weighted by atomic mass is 9.98. The smallest absolute Gasteiger partial charge is 0.291 e. The summed E-state index contributed by atoms with van der Waals surface area (Å²) >= 11 is 3.39. The quantitative estimate of drug-likeness (QED) is 0.645. The second-order valence-electron chi connectivity index (χ2n) is 7.40. The van der Waals surface area contributed by atoms with Crippen molar-refractivity contribution in [1.29, 1.82) is 0 Å². The van der Waals surface area contributed by atoms with Crippen molar-refractivity contribution in [1.82, 2.24) is 4.90 Å². The molecule has 1 amide bonds. The second-order valence-corrected chi connectivity index (χ2v) is 8.32. The van der Waals surface area contributed by atoms with Crippen LogP contribution in [0.1, 0.15) is 40.6 Å². The summed E-state index contributed by atoms with van der Waals surface area (Å²) in [6.07, 6.45) is 1.74. The van der Waals surface area contributed by atoms with Crippen LogP contribution in [-0.4, -0.2) is 35.2 Å². The number of ether oxygens (including phenoxy) is 1. The number of carbonyl (C=O) groups excluding carboxylic acids is 1. The van der Waals surface area contributed by atoms with Gasteiger partial charge < -0.3 is 19.2 Å². The number of carbonyl (C=O) groups is 1. The Morgan fingerprint density at radius 1 is 1.17 bits per heavy atom. The summed E-state index contributed by atoms with van der Waals surface area (Å²) in [4.78, 5) is 28.3. The van der Waals surface area contributed by atoms with Gasteiger partial charge in [0.2, 0.25) is 5.76 Å². The van der Waals surface area contributed by atoms with Crippen LogP contribution in [0.15, 0.2) is 56.1 Å². The first-order chi connectivity index (χ1) is 14.0. The Morgan fingerprint density at radius 3 is 2.79 bits per heavy atom. The van der Waals surface area contributed by atoms with E-state index in [0.717, 1.165) is 17.3 Å². The number of phenols is 1. The molecular weight excluding hydrogens is 438 g/mol. The molecule has 0 aliphatic carbocycles. The van der Waals surface area contributed by atoms with Gasteiger partial charge in [-0.25, -0.2) is 0 Å². The monoisotopic (exact) mass is 455 g/mol. The Morgan fingerprint density at radius 2 is 2.03 bits per heavy atom. The van der Waals surface area contributed by atoms with E-state index in [1.165, 1.54) is 0 Å². The van der Waals surface area contributed by atoms with Gasteiger partial charge >= 0.3 is 0 Å². The zero-order valence-electron chi connectivity index (χ0n) is 15.4. The topological polar surface area (TPSA) is 80.0 Å². The molecule has 5 rings (SSSR count). The van der Waals surface area contributed by atoms with Gasteiger partial charge in [-0.05, 0) is 48.7 Å². The third-order valence-electron chi connectivity index (χ3n) is 5.54. The van der Waals surface area contributed by atoms with E-state index in [-0.39, 0.29) is 28.9 Å². The van der Waals surface area contributed by atoms with E-state index in [9.17, 15) is 14.7 Å². The van der Waals surface area contributed by atoms with Crippen LogP contribution >= 0.6 is 15.9 Å². The average molecular weight is 456 g/mol. The summed E-state index contributed by atoms with van der Waals surface area (Å²) < 4.78 is 12.4. The maximum Gasteiger partial charge on any atom is 0.291 e. The fourth-order valence-electron chi connectivity index (χ4n) is 4.23. The van der Waals surface area contributed by atoms with Crippen LogP contribution < -0.4 is 5.43 Å². The molecule has 1 saturated heterocycles. The van der Waals surface area contributed by atoms with Crippen LogP contribution in [0.2, 0.25) is 0 Å². The summed E-state index contributed by atoms with van der Waals surface area (Å²) in [7, 11) is 0. The largest absolute Gasteiger partial charge is 0.508 e. The first kappa shape index (κ1) is 18.4. The predicted octanol–water partition coefficient (Wildman–Crippen LogP) is 3.99. The van der Waals surface area contributed by atoms with E-state index in [4.69, 9.17) is 9.15 Å². The van der Waals surface area contributed by atoms with Gasteiger partial charge in [0.25, 0.3) is 5.91 Å². The summed E-state index contributed by atoms with van der Waals surface area (Å²) in [6.45, 7) is 1.04. The van der Waals surface area contributed by atoms with E-state index in [1.54, 1.807) is 47.4 Å². The molecule has 2 aliphatic rings. The minimum atomic E-state index is -0.631. The molecule has 29 heavy (non-hydrogen) atoms. The van der Waals surface area contributed by atoms with Crippen molar-refractivity contribution in [3.05, 3.63) is 74.0 Å². The maximum absolute atomic E-state index is 13.4. The van der Waals surface area contributed by atoms with E-state index >= 15 is 0 Å². The molecule has 7 heteroatoms. The second kappa shape index (κ2) is 7.00. The standard InChI is InChI=1S/C22H18BrNO5/c23-13-6-7-17-16(10-13)20(26)18-19(12-3-1-4-14(25)9-12)24(22(27)21(18)29-17)11-15-5-2-8-28-15/h1,3-4,6-7,9-10,15,19,25H,2,5,8,11H2. The van der Waals surface area contributed by atoms with Gasteiger partial charge in [-0.2, -0.15) is 0 Å². The Kier molecular flexibility index (Phi) is 4.44. The highest BCUT2D eigenvalue weighted by atomic mass is 79.9. The molecule has 0 radical (unpaired) electrons. The summed E-state index contributed by atoms with van der Waals surface area (Å²) in [6, 6.07) is 11.2. The molecule has 3 aromatic rings. The van der Waals surface area contributed by atoms with Crippen LogP contribution in [-0.2, 0) is 4.74 Å². The fraction of sp³-hybridized carbons (Fsp3) is 0.273. The van der Waals surface area contributed by atoms with Crippen LogP contribution in [0.3, 0.4) is 0 Å². The SMILES string of the molecule is O=C1c2oc3ccc(Br)cc3c(=O)c2C(c2cccc(O)c2)N1CC1CCCO1. The van der Waals surface area contributed by atoms with Crippen LogP contribution in [0.25, 0.3) is 11.0 Å². The lowest BCUT2D eigenvalue weighted by Crippen LogP contribution is -2.36. The number of halogens is 1. The lowest BCUT2D eigenvalue weighted by Gasteiger charge is -2.27. The lowest BCUT2D eigenvalue weighted by molar-refractivity contribution is 0.0486. The van der Waals surface area contributed by atoms with E-state index < -0.39 is 6.04 Å². The Bertz CT molecular complexity index is 1180. The van der Waals surface area contributed by atoms with Gasteiger partial charge in [-0.15, -0.1) is 0 Å². The molecule has 0 saturated carbocycles. The molecule has 0 spiro atoms. The van der Waals surface area contributed by atoms with Crippen LogP contribution in [0.4, 0.5) is 0 Å². The molecule has 2 aliphatic heterocycles. The third-order valence-corrected chi connectivity index (χ3v) is 6.03. The number of hydrogen-bond donors (Lipinski definition) is 1. The predicted molar refractivity (Wildman–Crippen MR) is 110 cm³/mol. The zero-order valence-corrected chi connectivity index (χ0v) is 17.0. The molecule has 2 unspecified atom stereocenters. The van der Waals surface area contributed by atoms with Gasteiger partial charge in [0, 0.05) is 17.6 Å². The highest BCUT2D eigenvalue weighted by molar-refractivity contribution is 9.10. The molecule has 3 heterocycles. The van der Waals surface area contributed by atoms with Crippen molar-refractivity contribution in [2.75, 3.05) is 13.2 Å². The van der Waals surface area contributed by atoms with Crippen molar-refractivity contribution in [2.24, 2.45) is 0 Å². The maximum atomic E-state index is 13.4. The van der Waals surface area contributed by atoms with Gasteiger partial charge in [-0.3, -0.25) is 9.59 Å². The highest BCUT2D eigenvalue weighted by Crippen LogP contribution is 2.39. The average Bonchev–Trinajstić information content (AvgIpc) is 3.31. The van der Waals surface area contributed by atoms with Gasteiger partial charge in [-0.1, -0.05) is 28.1 Å². The van der Waals surface area contributed by atoms with Crippen molar-refractivity contribution >= 4 is 32.8 Å². The van der Waals surface area contributed by atoms with Crippen molar-refractivity contribution < 1.29 is 19.1 Å². The molecule has 6 nitrogen and oxygen atoms in total. The van der Waals surface area contributed by atoms with Crippen molar-refractivity contribution in [3.8, 4) is 5.75 Å². The molecule has 0 bridgehead atoms. The minimum Gasteiger partial charge on any atom is -0.508 e. The minimum absolute atomic E-state index is 0.0659. The first-order valence-corrected chi connectivity index (χ1v) is 10.3. The summed E-state index contributed by atoms with van der Waals surface area (Å²) in [5, 5.41) is 10.4. The molecule has 148 valence electrons. The Labute approximate surface area is 174 Å². The van der Waals surface area contributed by atoms with Crippen molar-refractivity contribution in [2.45, 2.75) is 25.0 Å². The fourth-order valence-corrected chi connectivity index (χ4v) is 4.59. The zero-order chi connectivity index (χ0) is 20.1. The van der Waals surface area contributed by atoms with Crippen LogP contribution in [0, 0.1) is 0 Å².